The first kappa shape index (κ1) is 53.7. The quantitative estimate of drug-likeness (QED) is 0.166. The number of hydrogen-bond acceptors (Lipinski definition) is 14. The standard InChI is InChI=1S/C50H75N9O11/c1-47(2,3)68-44(62)56-26-24-55(25-27-57(45(63)69-48(4,5)6)29-31-58(30-28-56)46(64)70-49(7,8)9)36(60)20-16-13-17-23-51-42(61)39-38-40(67-50(10,11)66-38)43(65-39)59-33-54-37-35(52-32-53-41(37)59)22-21-34-18-14-12-15-19-34/h12,14-15,18-19,32-33,38-40,43H,13,16-17,20-31H2,1-11H3,(H,51,61)/t38-,39+,40-,43-/m1/s1. The minimum absolute atomic E-state index is 0.0994. The van der Waals surface area contributed by atoms with E-state index in [0.717, 1.165) is 12.1 Å². The lowest BCUT2D eigenvalue weighted by atomic mass is 10.1. The highest BCUT2D eigenvalue weighted by Gasteiger charge is 2.58. The summed E-state index contributed by atoms with van der Waals surface area (Å²) < 4.78 is 37.9. The molecule has 1 N–H and O–H groups in total. The van der Waals surface area contributed by atoms with Crippen molar-refractivity contribution < 1.29 is 52.4 Å². The van der Waals surface area contributed by atoms with Crippen LogP contribution in [0.4, 0.5) is 14.4 Å². The maximum Gasteiger partial charge on any atom is 0.410 e. The van der Waals surface area contributed by atoms with Crippen LogP contribution in [0.25, 0.3) is 11.2 Å². The number of imidazole rings is 1. The molecular weight excluding hydrogens is 903 g/mol. The molecule has 20 heteroatoms. The van der Waals surface area contributed by atoms with Crippen molar-refractivity contribution in [3.05, 3.63) is 54.2 Å². The normalized spacial score (nSPS) is 21.4. The number of aromatic nitrogens is 4. The Labute approximate surface area is 412 Å². The lowest BCUT2D eigenvalue weighted by Crippen LogP contribution is -2.52. The van der Waals surface area contributed by atoms with Gasteiger partial charge in [0.25, 0.3) is 5.91 Å². The van der Waals surface area contributed by atoms with E-state index in [1.807, 2.05) is 32.0 Å². The third kappa shape index (κ3) is 15.2. The molecule has 0 bridgehead atoms. The Morgan fingerprint density at radius 3 is 1.70 bits per heavy atom. The SMILES string of the molecule is CC(C)(C)OC(=O)N1CCN(C(=O)CCCCCNC(=O)[C@H]2O[C@@H](n3cnc4c(CCc5ccccc5)ncnc43)[C@@H]3OC(C)(C)O[C@@H]32)CCN(C(=O)OC(C)(C)C)CCN(C(=O)OC(C)(C)C)CC1. The molecule has 386 valence electrons. The van der Waals surface area contributed by atoms with Crippen LogP contribution in [-0.4, -0.2) is 169 Å². The summed E-state index contributed by atoms with van der Waals surface area (Å²) in [5, 5.41) is 3.01. The van der Waals surface area contributed by atoms with Gasteiger partial charge in [0, 0.05) is 65.3 Å². The summed E-state index contributed by atoms with van der Waals surface area (Å²) >= 11 is 0. The molecule has 5 heterocycles. The number of carbonyl (C=O) groups excluding carboxylic acids is 5. The number of unbranched alkanes of at least 4 members (excludes halogenated alkanes) is 2. The van der Waals surface area contributed by atoms with Crippen LogP contribution in [0.15, 0.2) is 43.0 Å². The molecule has 0 saturated carbocycles. The topological polar surface area (TPSA) is 209 Å². The zero-order valence-corrected chi connectivity index (χ0v) is 43.0. The van der Waals surface area contributed by atoms with E-state index in [9.17, 15) is 24.0 Å². The number of fused-ring (bicyclic) bond motifs is 2. The third-order valence-corrected chi connectivity index (χ3v) is 11.7. The van der Waals surface area contributed by atoms with Crippen molar-refractivity contribution in [1.29, 1.82) is 0 Å². The average Bonchev–Trinajstić information content (AvgIpc) is 3.93. The van der Waals surface area contributed by atoms with Gasteiger partial charge in [-0.15, -0.1) is 0 Å². The lowest BCUT2D eigenvalue weighted by Gasteiger charge is -2.36. The van der Waals surface area contributed by atoms with Crippen LogP contribution in [0.2, 0.25) is 0 Å². The van der Waals surface area contributed by atoms with Crippen LogP contribution in [0.5, 0.6) is 0 Å². The van der Waals surface area contributed by atoms with Crippen molar-refractivity contribution in [3.8, 4) is 0 Å². The van der Waals surface area contributed by atoms with Gasteiger partial charge >= 0.3 is 18.3 Å². The van der Waals surface area contributed by atoms with E-state index in [4.69, 9.17) is 28.4 Å². The van der Waals surface area contributed by atoms with Crippen molar-refractivity contribution in [3.63, 3.8) is 0 Å². The lowest BCUT2D eigenvalue weighted by molar-refractivity contribution is -0.197. The van der Waals surface area contributed by atoms with Crippen LogP contribution in [0.1, 0.15) is 119 Å². The maximum atomic E-state index is 14.0. The molecule has 6 rings (SSSR count). The summed E-state index contributed by atoms with van der Waals surface area (Å²) in [6.07, 6.45) is 1.87. The summed E-state index contributed by atoms with van der Waals surface area (Å²) in [5.41, 5.74) is 0.904. The van der Waals surface area contributed by atoms with Crippen LogP contribution < -0.4 is 5.32 Å². The highest BCUT2D eigenvalue weighted by molar-refractivity contribution is 5.82. The molecule has 70 heavy (non-hydrogen) atoms. The molecule has 4 atom stereocenters. The molecule has 0 unspecified atom stereocenters. The van der Waals surface area contributed by atoms with E-state index in [0.29, 0.717) is 43.4 Å². The van der Waals surface area contributed by atoms with Gasteiger partial charge in [0.1, 0.15) is 40.9 Å². The molecule has 3 saturated heterocycles. The van der Waals surface area contributed by atoms with Gasteiger partial charge in [0.05, 0.1) is 12.0 Å². The molecule has 3 fully saturated rings. The van der Waals surface area contributed by atoms with Crippen molar-refractivity contribution >= 4 is 41.3 Å². The van der Waals surface area contributed by atoms with Crippen LogP contribution >= 0.6 is 0 Å². The van der Waals surface area contributed by atoms with Gasteiger partial charge in [-0.2, -0.15) is 0 Å². The molecule has 0 radical (unpaired) electrons. The highest BCUT2D eigenvalue weighted by atomic mass is 16.8. The second-order valence-corrected chi connectivity index (χ2v) is 21.5. The largest absolute Gasteiger partial charge is 0.444 e. The van der Waals surface area contributed by atoms with E-state index < -0.39 is 65.4 Å². The zero-order chi connectivity index (χ0) is 51.0. The van der Waals surface area contributed by atoms with E-state index >= 15 is 0 Å². The second-order valence-electron chi connectivity index (χ2n) is 21.5. The smallest absolute Gasteiger partial charge is 0.410 e. The first-order valence-electron chi connectivity index (χ1n) is 24.6. The van der Waals surface area contributed by atoms with E-state index in [2.05, 4.69) is 32.4 Å². The number of amides is 5. The molecule has 3 aromatic rings. The fourth-order valence-electron chi connectivity index (χ4n) is 8.43. The predicted octanol–water partition coefficient (Wildman–Crippen LogP) is 6.26. The highest BCUT2D eigenvalue weighted by Crippen LogP contribution is 2.44. The minimum Gasteiger partial charge on any atom is -0.444 e. The van der Waals surface area contributed by atoms with E-state index in [-0.39, 0.29) is 70.6 Å². The van der Waals surface area contributed by atoms with E-state index in [1.165, 1.54) is 26.6 Å². The molecule has 0 spiro atoms. The molecule has 20 nitrogen and oxygen atoms in total. The van der Waals surface area contributed by atoms with Crippen LogP contribution in [0.3, 0.4) is 0 Å². The third-order valence-electron chi connectivity index (χ3n) is 11.7. The first-order valence-corrected chi connectivity index (χ1v) is 24.6. The number of rotatable bonds is 11. The Hall–Kier alpha value is -5.60. The summed E-state index contributed by atoms with van der Waals surface area (Å²) in [6, 6.07) is 10.2. The van der Waals surface area contributed by atoms with E-state index in [1.54, 1.807) is 78.1 Å². The summed E-state index contributed by atoms with van der Waals surface area (Å²) in [7, 11) is 0. The monoisotopic (exact) mass is 978 g/mol. The zero-order valence-electron chi connectivity index (χ0n) is 43.0. The predicted molar refractivity (Wildman–Crippen MR) is 258 cm³/mol. The van der Waals surface area contributed by atoms with Gasteiger partial charge in [-0.3, -0.25) is 14.2 Å². The van der Waals surface area contributed by atoms with Gasteiger partial charge in [-0.05, 0) is 107 Å². The molecule has 5 amide bonds. The van der Waals surface area contributed by atoms with Gasteiger partial charge < -0.3 is 53.3 Å². The van der Waals surface area contributed by atoms with Gasteiger partial charge in [-0.1, -0.05) is 36.8 Å². The van der Waals surface area contributed by atoms with Crippen LogP contribution in [-0.2, 0) is 50.9 Å². The average molecular weight is 978 g/mol. The Morgan fingerprint density at radius 1 is 0.657 bits per heavy atom. The minimum atomic E-state index is -0.968. The number of nitrogens with one attached hydrogen (secondary N) is 1. The number of aryl methyl sites for hydroxylation is 2. The number of carbonyl (C=O) groups is 5. The Morgan fingerprint density at radius 2 is 1.17 bits per heavy atom. The summed E-state index contributed by atoms with van der Waals surface area (Å²) in [6.45, 7) is 20.9. The number of hydrogen-bond donors (Lipinski definition) is 1. The molecule has 2 aromatic heterocycles. The summed E-state index contributed by atoms with van der Waals surface area (Å²) in [5.74, 6) is -1.44. The molecule has 3 aliphatic heterocycles. The first-order chi connectivity index (χ1) is 32.9. The number of nitrogens with zero attached hydrogens (tertiary/aromatic N) is 8. The van der Waals surface area contributed by atoms with Gasteiger partial charge in [0.2, 0.25) is 5.91 Å². The molecule has 3 aliphatic rings. The maximum absolute atomic E-state index is 14.0. The second kappa shape index (κ2) is 22.6. The van der Waals surface area contributed by atoms with Crippen LogP contribution in [0, 0.1) is 0 Å². The Balaban J connectivity index is 1.05. The van der Waals surface area contributed by atoms with Crippen molar-refractivity contribution in [2.24, 2.45) is 0 Å². The fraction of sp³-hybridized carbons (Fsp3) is 0.680. The van der Waals surface area contributed by atoms with Crippen molar-refractivity contribution in [2.45, 2.75) is 162 Å². The van der Waals surface area contributed by atoms with Crippen molar-refractivity contribution in [2.75, 3.05) is 58.9 Å². The van der Waals surface area contributed by atoms with Crippen molar-refractivity contribution in [1.82, 2.24) is 44.4 Å². The fourth-order valence-corrected chi connectivity index (χ4v) is 8.43. The summed E-state index contributed by atoms with van der Waals surface area (Å²) in [4.78, 5) is 88.0. The van der Waals surface area contributed by atoms with Gasteiger partial charge in [-0.25, -0.2) is 29.3 Å². The molecule has 1 aromatic carbocycles. The number of benzene rings is 1. The molecule has 0 aliphatic carbocycles. The Kier molecular flexibility index (Phi) is 17.4. The van der Waals surface area contributed by atoms with Gasteiger partial charge in [0.15, 0.2) is 23.8 Å². The Bertz CT molecular complexity index is 2230. The number of ether oxygens (including phenoxy) is 6. The molecular formula is C50H75N9O11.